The third-order valence-corrected chi connectivity index (χ3v) is 4.99. The average Bonchev–Trinajstić information content (AvgIpc) is 2.47. The Balaban J connectivity index is 1.92. The minimum Gasteiger partial charge on any atom is -0.487 e. The number of fused-ring (bicyclic) bond motifs is 1. The van der Waals surface area contributed by atoms with Gasteiger partial charge in [0.05, 0.1) is 11.6 Å². The number of hydrogen-bond donors (Lipinski definition) is 1. The molecule has 3 rings (SSSR count). The average molecular weight is 421 g/mol. The van der Waals surface area contributed by atoms with E-state index in [4.69, 9.17) is 4.74 Å². The Bertz CT molecular complexity index is 755. The van der Waals surface area contributed by atoms with Crippen LogP contribution in [0, 0.1) is 10.5 Å². The fourth-order valence-electron chi connectivity index (χ4n) is 2.98. The molecule has 0 fully saturated rings. The van der Waals surface area contributed by atoms with E-state index in [1.807, 2.05) is 36.4 Å². The number of amides is 1. The Kier molecular flexibility index (Phi) is 4.36. The summed E-state index contributed by atoms with van der Waals surface area (Å²) in [5.41, 5.74) is 2.64. The van der Waals surface area contributed by atoms with Crippen LogP contribution in [0.2, 0.25) is 0 Å². The number of benzene rings is 2. The van der Waals surface area contributed by atoms with Gasteiger partial charge in [-0.15, -0.1) is 0 Å². The number of hydrogen-bond acceptors (Lipinski definition) is 2. The SMILES string of the molecule is Cc1ccc2c(c1)C(NC(=O)c1ccccc1I)CC(C)(C)O2. The van der Waals surface area contributed by atoms with E-state index in [1.165, 1.54) is 5.56 Å². The molecular formula is C19H20INO2. The number of carbonyl (C=O) groups excluding carboxylic acids is 1. The molecule has 120 valence electrons. The molecule has 4 heteroatoms. The summed E-state index contributed by atoms with van der Waals surface area (Å²) >= 11 is 2.20. The number of rotatable bonds is 2. The summed E-state index contributed by atoms with van der Waals surface area (Å²) < 4.78 is 7.02. The van der Waals surface area contributed by atoms with Crippen LogP contribution in [0.1, 0.15) is 47.8 Å². The standard InChI is InChI=1S/C19H20INO2/c1-12-8-9-17-14(10-12)16(11-19(2,3)23-17)21-18(22)13-6-4-5-7-15(13)20/h4-10,16H,11H2,1-3H3,(H,21,22). The maximum atomic E-state index is 12.7. The summed E-state index contributed by atoms with van der Waals surface area (Å²) in [4.78, 5) is 12.7. The lowest BCUT2D eigenvalue weighted by Crippen LogP contribution is -2.41. The molecule has 1 aliphatic heterocycles. The summed E-state index contributed by atoms with van der Waals surface area (Å²) in [6, 6.07) is 13.7. The largest absolute Gasteiger partial charge is 0.487 e. The zero-order valence-corrected chi connectivity index (χ0v) is 15.7. The number of aryl methyl sites for hydroxylation is 1. The van der Waals surface area contributed by atoms with Gasteiger partial charge in [0.2, 0.25) is 0 Å². The van der Waals surface area contributed by atoms with Gasteiger partial charge in [0.25, 0.3) is 5.91 Å². The predicted octanol–water partition coefficient (Wildman–Crippen LogP) is 4.63. The summed E-state index contributed by atoms with van der Waals surface area (Å²) in [6.07, 6.45) is 0.749. The van der Waals surface area contributed by atoms with Gasteiger partial charge in [-0.1, -0.05) is 29.8 Å². The summed E-state index contributed by atoms with van der Waals surface area (Å²) in [7, 11) is 0. The van der Waals surface area contributed by atoms with Crippen LogP contribution in [0.5, 0.6) is 5.75 Å². The van der Waals surface area contributed by atoms with Crippen molar-refractivity contribution >= 4 is 28.5 Å². The first kappa shape index (κ1) is 16.3. The lowest BCUT2D eigenvalue weighted by molar-refractivity contribution is 0.0619. The number of carbonyl (C=O) groups is 1. The highest BCUT2D eigenvalue weighted by Crippen LogP contribution is 2.40. The minimum atomic E-state index is -0.302. The van der Waals surface area contributed by atoms with Crippen molar-refractivity contribution in [1.29, 1.82) is 0 Å². The van der Waals surface area contributed by atoms with Crippen molar-refractivity contribution in [3.8, 4) is 5.75 Å². The summed E-state index contributed by atoms with van der Waals surface area (Å²) in [5, 5.41) is 3.19. The zero-order chi connectivity index (χ0) is 16.6. The molecule has 0 aromatic heterocycles. The lowest BCUT2D eigenvalue weighted by atomic mass is 9.88. The molecule has 0 radical (unpaired) electrons. The van der Waals surface area contributed by atoms with Gasteiger partial charge >= 0.3 is 0 Å². The highest BCUT2D eigenvalue weighted by Gasteiger charge is 2.34. The Hall–Kier alpha value is -1.56. The van der Waals surface area contributed by atoms with E-state index in [0.29, 0.717) is 5.56 Å². The van der Waals surface area contributed by atoms with E-state index < -0.39 is 0 Å². The van der Waals surface area contributed by atoms with Crippen LogP contribution in [0.3, 0.4) is 0 Å². The first-order chi connectivity index (χ1) is 10.9. The van der Waals surface area contributed by atoms with Crippen LogP contribution in [-0.2, 0) is 0 Å². The van der Waals surface area contributed by atoms with Crippen molar-refractivity contribution in [3.63, 3.8) is 0 Å². The smallest absolute Gasteiger partial charge is 0.252 e. The van der Waals surface area contributed by atoms with E-state index in [0.717, 1.165) is 21.3 Å². The maximum absolute atomic E-state index is 12.7. The van der Waals surface area contributed by atoms with Gasteiger partial charge < -0.3 is 10.1 Å². The van der Waals surface area contributed by atoms with Crippen molar-refractivity contribution in [2.24, 2.45) is 0 Å². The van der Waals surface area contributed by atoms with Crippen LogP contribution >= 0.6 is 22.6 Å². The van der Waals surface area contributed by atoms with E-state index in [9.17, 15) is 4.79 Å². The quantitative estimate of drug-likeness (QED) is 0.719. The molecule has 0 aliphatic carbocycles. The molecule has 2 aromatic rings. The maximum Gasteiger partial charge on any atom is 0.252 e. The van der Waals surface area contributed by atoms with Gasteiger partial charge in [0, 0.05) is 15.6 Å². The molecule has 2 aromatic carbocycles. The Morgan fingerprint density at radius 1 is 1.26 bits per heavy atom. The Morgan fingerprint density at radius 3 is 2.74 bits per heavy atom. The Labute approximate surface area is 150 Å². The molecule has 0 bridgehead atoms. The van der Waals surface area contributed by atoms with Gasteiger partial charge in [0.15, 0.2) is 0 Å². The van der Waals surface area contributed by atoms with Crippen molar-refractivity contribution < 1.29 is 9.53 Å². The molecule has 1 aliphatic rings. The number of nitrogens with one attached hydrogen (secondary N) is 1. The van der Waals surface area contributed by atoms with Gasteiger partial charge in [-0.2, -0.15) is 0 Å². The Morgan fingerprint density at radius 2 is 2.00 bits per heavy atom. The van der Waals surface area contributed by atoms with Crippen molar-refractivity contribution in [2.75, 3.05) is 0 Å². The molecular weight excluding hydrogens is 401 g/mol. The molecule has 23 heavy (non-hydrogen) atoms. The molecule has 3 nitrogen and oxygen atoms in total. The molecule has 1 heterocycles. The number of ether oxygens (including phenoxy) is 1. The lowest BCUT2D eigenvalue weighted by Gasteiger charge is -2.38. The van der Waals surface area contributed by atoms with Gasteiger partial charge in [-0.3, -0.25) is 4.79 Å². The third kappa shape index (κ3) is 3.52. The second kappa shape index (κ2) is 6.15. The van der Waals surface area contributed by atoms with Gasteiger partial charge in [-0.05, 0) is 61.6 Å². The molecule has 0 spiro atoms. The van der Waals surface area contributed by atoms with E-state index in [2.05, 4.69) is 54.7 Å². The monoisotopic (exact) mass is 421 g/mol. The van der Waals surface area contributed by atoms with Crippen LogP contribution in [0.4, 0.5) is 0 Å². The minimum absolute atomic E-state index is 0.0369. The second-order valence-electron chi connectivity index (χ2n) is 6.61. The van der Waals surface area contributed by atoms with E-state index in [-0.39, 0.29) is 17.6 Å². The van der Waals surface area contributed by atoms with Crippen LogP contribution in [0.15, 0.2) is 42.5 Å². The number of halogens is 1. The summed E-state index contributed by atoms with van der Waals surface area (Å²) in [5.74, 6) is 0.824. The fourth-order valence-corrected chi connectivity index (χ4v) is 3.62. The zero-order valence-electron chi connectivity index (χ0n) is 13.5. The van der Waals surface area contributed by atoms with Gasteiger partial charge in [-0.25, -0.2) is 0 Å². The topological polar surface area (TPSA) is 38.3 Å². The van der Waals surface area contributed by atoms with Crippen LogP contribution in [-0.4, -0.2) is 11.5 Å². The molecule has 0 saturated carbocycles. The fraction of sp³-hybridized carbons (Fsp3) is 0.316. The first-order valence-corrected chi connectivity index (χ1v) is 8.78. The van der Waals surface area contributed by atoms with E-state index >= 15 is 0 Å². The highest BCUT2D eigenvalue weighted by molar-refractivity contribution is 14.1. The van der Waals surface area contributed by atoms with Crippen molar-refractivity contribution in [1.82, 2.24) is 5.32 Å². The molecule has 1 N–H and O–H groups in total. The van der Waals surface area contributed by atoms with E-state index in [1.54, 1.807) is 0 Å². The third-order valence-electron chi connectivity index (χ3n) is 4.05. The summed E-state index contributed by atoms with van der Waals surface area (Å²) in [6.45, 7) is 6.17. The molecule has 1 amide bonds. The molecule has 1 unspecified atom stereocenters. The second-order valence-corrected chi connectivity index (χ2v) is 7.78. The molecule has 1 atom stereocenters. The highest BCUT2D eigenvalue weighted by atomic mass is 127. The predicted molar refractivity (Wildman–Crippen MR) is 99.9 cm³/mol. The normalized spacial score (nSPS) is 18.7. The van der Waals surface area contributed by atoms with Crippen molar-refractivity contribution in [2.45, 2.75) is 38.8 Å². The van der Waals surface area contributed by atoms with Crippen LogP contribution < -0.4 is 10.1 Å². The van der Waals surface area contributed by atoms with Crippen molar-refractivity contribution in [3.05, 3.63) is 62.7 Å². The van der Waals surface area contributed by atoms with Crippen LogP contribution in [0.25, 0.3) is 0 Å². The first-order valence-electron chi connectivity index (χ1n) is 7.71. The molecule has 0 saturated heterocycles. The van der Waals surface area contributed by atoms with Gasteiger partial charge in [0.1, 0.15) is 11.4 Å².